The van der Waals surface area contributed by atoms with Gasteiger partial charge >= 0.3 is 0 Å². The molecule has 3 aromatic rings. The first-order chi connectivity index (χ1) is 12.0. The van der Waals surface area contributed by atoms with E-state index in [-0.39, 0.29) is 17.2 Å². The average molecular weight is 344 g/mol. The molecule has 0 aliphatic carbocycles. The normalized spacial score (nSPS) is 10.4. The molecule has 0 spiro atoms. The lowest BCUT2D eigenvalue weighted by Gasteiger charge is -2.08. The van der Waals surface area contributed by atoms with E-state index in [0.29, 0.717) is 0 Å². The molecular formula is C17H11F3N4O. The van der Waals surface area contributed by atoms with Gasteiger partial charge in [-0.15, -0.1) is 0 Å². The third-order valence-corrected chi connectivity index (χ3v) is 3.24. The Bertz CT molecular complexity index is 896. The summed E-state index contributed by atoms with van der Waals surface area (Å²) in [6.45, 7) is 0. The van der Waals surface area contributed by atoms with Crippen LogP contribution in [0.4, 0.5) is 30.5 Å². The lowest BCUT2D eigenvalue weighted by Crippen LogP contribution is -2.15. The van der Waals surface area contributed by atoms with Crippen LogP contribution in [0, 0.1) is 17.5 Å². The molecule has 0 aliphatic heterocycles. The summed E-state index contributed by atoms with van der Waals surface area (Å²) in [5.74, 6) is -2.98. The van der Waals surface area contributed by atoms with E-state index in [2.05, 4.69) is 20.6 Å². The summed E-state index contributed by atoms with van der Waals surface area (Å²) < 4.78 is 40.6. The molecule has 0 bridgehead atoms. The molecule has 0 radical (unpaired) electrons. The molecule has 3 rings (SSSR count). The molecule has 0 saturated carbocycles. The highest BCUT2D eigenvalue weighted by molar-refractivity contribution is 6.04. The molecule has 1 heterocycles. The fourth-order valence-corrected chi connectivity index (χ4v) is 2.00. The maximum absolute atomic E-state index is 13.5. The topological polar surface area (TPSA) is 66.9 Å². The molecule has 0 unspecified atom stereocenters. The molecule has 0 aliphatic rings. The van der Waals surface area contributed by atoms with E-state index < -0.39 is 29.0 Å². The van der Waals surface area contributed by atoms with Crippen molar-refractivity contribution in [3.05, 3.63) is 77.9 Å². The summed E-state index contributed by atoms with van der Waals surface area (Å²) in [5, 5.41) is 4.78. The number of carbonyl (C=O) groups excluding carboxylic acids is 1. The van der Waals surface area contributed by atoms with E-state index in [0.717, 1.165) is 24.5 Å². The van der Waals surface area contributed by atoms with Crippen molar-refractivity contribution >= 4 is 23.2 Å². The first kappa shape index (κ1) is 16.4. The monoisotopic (exact) mass is 344 g/mol. The number of nitrogens with zero attached hydrogens (tertiary/aromatic N) is 2. The first-order valence-corrected chi connectivity index (χ1v) is 7.13. The molecule has 0 saturated heterocycles. The Morgan fingerprint density at radius 1 is 0.840 bits per heavy atom. The second-order valence-electron chi connectivity index (χ2n) is 4.95. The predicted octanol–water partition coefficient (Wildman–Crippen LogP) is 3.89. The van der Waals surface area contributed by atoms with Crippen LogP contribution in [0.5, 0.6) is 0 Å². The number of aromatic nitrogens is 2. The van der Waals surface area contributed by atoms with Crippen molar-refractivity contribution in [1.82, 2.24) is 9.97 Å². The van der Waals surface area contributed by atoms with Crippen molar-refractivity contribution in [3.63, 3.8) is 0 Å². The van der Waals surface area contributed by atoms with Gasteiger partial charge in [0.2, 0.25) is 5.95 Å². The minimum absolute atomic E-state index is 0.0123. The zero-order chi connectivity index (χ0) is 17.8. The van der Waals surface area contributed by atoms with Crippen LogP contribution >= 0.6 is 0 Å². The summed E-state index contributed by atoms with van der Waals surface area (Å²) in [5.41, 5.74) is -0.393. The van der Waals surface area contributed by atoms with Crippen molar-refractivity contribution in [2.45, 2.75) is 0 Å². The van der Waals surface area contributed by atoms with Crippen molar-refractivity contribution in [2.24, 2.45) is 0 Å². The molecule has 0 atom stereocenters. The Morgan fingerprint density at radius 2 is 1.44 bits per heavy atom. The number of hydrogen-bond acceptors (Lipinski definition) is 4. The number of amides is 1. The molecule has 1 amide bonds. The van der Waals surface area contributed by atoms with Gasteiger partial charge < -0.3 is 10.6 Å². The van der Waals surface area contributed by atoms with Gasteiger partial charge in [0.25, 0.3) is 5.91 Å². The highest BCUT2D eigenvalue weighted by Gasteiger charge is 2.14. The highest BCUT2D eigenvalue weighted by atomic mass is 19.1. The number of hydrogen-bond donors (Lipinski definition) is 2. The largest absolute Gasteiger partial charge is 0.322 e. The molecule has 0 fully saturated rings. The van der Waals surface area contributed by atoms with Gasteiger partial charge in [0.05, 0.1) is 11.3 Å². The Labute approximate surface area is 140 Å². The number of anilines is 3. The summed E-state index contributed by atoms with van der Waals surface area (Å²) in [6, 6.07) is 9.18. The van der Waals surface area contributed by atoms with Crippen molar-refractivity contribution in [2.75, 3.05) is 10.6 Å². The van der Waals surface area contributed by atoms with Crippen molar-refractivity contribution in [1.29, 1.82) is 0 Å². The molecule has 1 aromatic heterocycles. The number of nitrogens with one attached hydrogen (secondary N) is 2. The van der Waals surface area contributed by atoms with Crippen LogP contribution in [0.25, 0.3) is 0 Å². The number of halogens is 3. The first-order valence-electron chi connectivity index (χ1n) is 7.13. The van der Waals surface area contributed by atoms with E-state index in [1.165, 1.54) is 24.3 Å². The summed E-state index contributed by atoms with van der Waals surface area (Å²) in [6.07, 6.45) is 2.31. The zero-order valence-electron chi connectivity index (χ0n) is 12.6. The van der Waals surface area contributed by atoms with Crippen LogP contribution < -0.4 is 10.6 Å². The van der Waals surface area contributed by atoms with Crippen LogP contribution in [-0.2, 0) is 0 Å². The van der Waals surface area contributed by atoms with Crippen LogP contribution in [0.3, 0.4) is 0 Å². The Morgan fingerprint density at radius 3 is 2.08 bits per heavy atom. The van der Waals surface area contributed by atoms with E-state index in [1.807, 2.05) is 0 Å². The minimum Gasteiger partial charge on any atom is -0.322 e. The Balaban J connectivity index is 1.74. The number of para-hydroxylation sites is 2. The molecule has 5 nitrogen and oxygen atoms in total. The number of carbonyl (C=O) groups is 1. The quantitative estimate of drug-likeness (QED) is 0.753. The predicted molar refractivity (Wildman–Crippen MR) is 86.0 cm³/mol. The molecule has 25 heavy (non-hydrogen) atoms. The number of rotatable bonds is 4. The second kappa shape index (κ2) is 7.00. The fourth-order valence-electron chi connectivity index (χ4n) is 2.00. The maximum Gasteiger partial charge on any atom is 0.258 e. The van der Waals surface area contributed by atoms with Gasteiger partial charge in [-0.05, 0) is 24.3 Å². The maximum atomic E-state index is 13.5. The molecular weight excluding hydrogens is 333 g/mol. The van der Waals surface area contributed by atoms with Gasteiger partial charge in [-0.1, -0.05) is 18.2 Å². The molecule has 126 valence electrons. The average Bonchev–Trinajstić information content (AvgIpc) is 2.61. The van der Waals surface area contributed by atoms with Crippen LogP contribution in [0.1, 0.15) is 10.4 Å². The highest BCUT2D eigenvalue weighted by Crippen LogP contribution is 2.19. The van der Waals surface area contributed by atoms with E-state index in [9.17, 15) is 18.0 Å². The SMILES string of the molecule is O=C(Nc1c(F)cccc1F)c1cnc(Nc2ccccc2F)nc1. The lowest BCUT2D eigenvalue weighted by atomic mass is 10.2. The third kappa shape index (κ3) is 3.74. The zero-order valence-corrected chi connectivity index (χ0v) is 12.6. The van der Waals surface area contributed by atoms with Crippen molar-refractivity contribution in [3.8, 4) is 0 Å². The summed E-state index contributed by atoms with van der Waals surface area (Å²) >= 11 is 0. The summed E-state index contributed by atoms with van der Waals surface area (Å²) in [7, 11) is 0. The molecule has 2 N–H and O–H groups in total. The molecule has 2 aromatic carbocycles. The fraction of sp³-hybridized carbons (Fsp3) is 0. The van der Waals surface area contributed by atoms with Gasteiger partial charge in [-0.2, -0.15) is 0 Å². The smallest absolute Gasteiger partial charge is 0.258 e. The van der Waals surface area contributed by atoms with E-state index in [1.54, 1.807) is 6.07 Å². The van der Waals surface area contributed by atoms with Gasteiger partial charge in [-0.25, -0.2) is 23.1 Å². The standard InChI is InChI=1S/C17H11F3N4O/c18-11-4-1-2-7-14(11)23-17-21-8-10(9-22-17)16(25)24-15-12(19)5-3-6-13(15)20/h1-9H,(H,24,25)(H,21,22,23). The Kier molecular flexibility index (Phi) is 4.60. The Hall–Kier alpha value is -3.42. The third-order valence-electron chi connectivity index (χ3n) is 3.24. The molecule has 8 heteroatoms. The van der Waals surface area contributed by atoms with Crippen LogP contribution in [0.2, 0.25) is 0 Å². The van der Waals surface area contributed by atoms with E-state index >= 15 is 0 Å². The van der Waals surface area contributed by atoms with E-state index in [4.69, 9.17) is 0 Å². The van der Waals surface area contributed by atoms with Crippen LogP contribution in [0.15, 0.2) is 54.9 Å². The van der Waals surface area contributed by atoms with Gasteiger partial charge in [-0.3, -0.25) is 4.79 Å². The lowest BCUT2D eigenvalue weighted by molar-refractivity contribution is 0.102. The second-order valence-corrected chi connectivity index (χ2v) is 4.95. The van der Waals surface area contributed by atoms with Gasteiger partial charge in [0.1, 0.15) is 23.1 Å². The van der Waals surface area contributed by atoms with Crippen molar-refractivity contribution < 1.29 is 18.0 Å². The van der Waals surface area contributed by atoms with Gasteiger partial charge in [0.15, 0.2) is 0 Å². The van der Waals surface area contributed by atoms with Gasteiger partial charge in [0, 0.05) is 12.4 Å². The number of benzene rings is 2. The minimum atomic E-state index is -0.896. The summed E-state index contributed by atoms with van der Waals surface area (Å²) in [4.78, 5) is 19.8. The van der Waals surface area contributed by atoms with Crippen LogP contribution in [-0.4, -0.2) is 15.9 Å².